The third-order valence-electron chi connectivity index (χ3n) is 5.11. The molecule has 2 aromatic carbocycles. The van der Waals surface area contributed by atoms with Crippen LogP contribution in [0.3, 0.4) is 0 Å². The van der Waals surface area contributed by atoms with Gasteiger partial charge in [-0.1, -0.05) is 64.1 Å². The highest BCUT2D eigenvalue weighted by Crippen LogP contribution is 2.35. The zero-order chi connectivity index (χ0) is 18.7. The summed E-state index contributed by atoms with van der Waals surface area (Å²) in [5.74, 6) is 0.0872. The number of ether oxygens (including phenoxy) is 1. The number of phenols is 1. The number of rotatable bonds is 6. The smallest absolute Gasteiger partial charge is 0.306 e. The molecular weight excluding hydrogens is 312 g/mol. The second kappa shape index (κ2) is 7.30. The van der Waals surface area contributed by atoms with E-state index in [4.69, 9.17) is 4.74 Å². The Bertz CT molecular complexity index is 714. The lowest BCUT2D eigenvalue weighted by molar-refractivity contribution is -0.159. The molecule has 0 aliphatic carbocycles. The molecule has 134 valence electrons. The molecule has 0 heterocycles. The van der Waals surface area contributed by atoms with Crippen LogP contribution < -0.4 is 0 Å². The molecule has 0 spiro atoms. The summed E-state index contributed by atoms with van der Waals surface area (Å²) < 4.78 is 5.68. The molecule has 0 aliphatic rings. The predicted molar refractivity (Wildman–Crippen MR) is 101 cm³/mol. The standard InChI is InChI=1S/C22H28O3/c1-6-20(24)25-22(5,7-2)18-10-8-16(9-11-18)21(3,4)17-12-14-19(23)15-13-17/h8-15,23H,6-7H2,1-5H3. The number of phenolic OH excluding ortho intramolecular Hbond substituents is 1. The van der Waals surface area contributed by atoms with E-state index in [0.717, 1.165) is 17.5 Å². The number of benzene rings is 2. The second-order valence-corrected chi connectivity index (χ2v) is 7.16. The van der Waals surface area contributed by atoms with Crippen LogP contribution in [-0.4, -0.2) is 11.1 Å². The van der Waals surface area contributed by atoms with Crippen molar-refractivity contribution in [3.63, 3.8) is 0 Å². The van der Waals surface area contributed by atoms with Gasteiger partial charge in [-0.3, -0.25) is 4.79 Å². The van der Waals surface area contributed by atoms with Crippen LogP contribution >= 0.6 is 0 Å². The molecule has 25 heavy (non-hydrogen) atoms. The number of carbonyl (C=O) groups excluding carboxylic acids is 1. The molecule has 1 N–H and O–H groups in total. The number of esters is 1. The first-order valence-electron chi connectivity index (χ1n) is 8.85. The third-order valence-corrected chi connectivity index (χ3v) is 5.11. The first kappa shape index (κ1) is 19.0. The number of hydrogen-bond acceptors (Lipinski definition) is 3. The van der Waals surface area contributed by atoms with Crippen molar-refractivity contribution >= 4 is 5.97 Å². The Labute approximate surface area is 150 Å². The fourth-order valence-electron chi connectivity index (χ4n) is 2.94. The van der Waals surface area contributed by atoms with Crippen molar-refractivity contribution in [1.82, 2.24) is 0 Å². The van der Waals surface area contributed by atoms with Crippen molar-refractivity contribution in [3.05, 3.63) is 65.2 Å². The molecule has 0 radical (unpaired) electrons. The molecule has 0 aromatic heterocycles. The Kier molecular flexibility index (Phi) is 5.56. The zero-order valence-corrected chi connectivity index (χ0v) is 15.8. The SMILES string of the molecule is CCC(=O)OC(C)(CC)c1ccc(C(C)(C)c2ccc(O)cc2)cc1. The van der Waals surface area contributed by atoms with Crippen LogP contribution in [0.25, 0.3) is 0 Å². The van der Waals surface area contributed by atoms with Crippen molar-refractivity contribution in [2.75, 3.05) is 0 Å². The summed E-state index contributed by atoms with van der Waals surface area (Å²) >= 11 is 0. The predicted octanol–water partition coefficient (Wildman–Crippen LogP) is 5.30. The van der Waals surface area contributed by atoms with Gasteiger partial charge in [-0.25, -0.2) is 0 Å². The minimum atomic E-state index is -0.603. The van der Waals surface area contributed by atoms with Crippen LogP contribution in [0.1, 0.15) is 64.2 Å². The number of aromatic hydroxyl groups is 1. The van der Waals surface area contributed by atoms with E-state index in [0.29, 0.717) is 6.42 Å². The number of hydrogen-bond donors (Lipinski definition) is 1. The van der Waals surface area contributed by atoms with Crippen LogP contribution in [0.15, 0.2) is 48.5 Å². The molecule has 0 saturated heterocycles. The second-order valence-electron chi connectivity index (χ2n) is 7.16. The highest BCUT2D eigenvalue weighted by molar-refractivity contribution is 5.69. The topological polar surface area (TPSA) is 46.5 Å². The number of carbonyl (C=O) groups is 1. The van der Waals surface area contributed by atoms with E-state index in [1.807, 2.05) is 45.0 Å². The van der Waals surface area contributed by atoms with Gasteiger partial charge in [0.25, 0.3) is 0 Å². The fraction of sp³-hybridized carbons (Fsp3) is 0.409. The summed E-state index contributed by atoms with van der Waals surface area (Å²) in [6, 6.07) is 15.6. The van der Waals surface area contributed by atoms with E-state index in [1.54, 1.807) is 12.1 Å². The lowest BCUT2D eigenvalue weighted by Gasteiger charge is -2.31. The first-order chi connectivity index (χ1) is 11.7. The van der Waals surface area contributed by atoms with Crippen LogP contribution in [0, 0.1) is 0 Å². The largest absolute Gasteiger partial charge is 0.508 e. The van der Waals surface area contributed by atoms with Crippen molar-refractivity contribution in [2.45, 2.75) is 58.5 Å². The summed E-state index contributed by atoms with van der Waals surface area (Å²) in [5, 5.41) is 9.50. The minimum Gasteiger partial charge on any atom is -0.508 e. The van der Waals surface area contributed by atoms with E-state index < -0.39 is 5.60 Å². The van der Waals surface area contributed by atoms with E-state index in [-0.39, 0.29) is 17.1 Å². The maximum absolute atomic E-state index is 11.8. The summed E-state index contributed by atoms with van der Waals surface area (Å²) in [6.07, 6.45) is 1.10. The zero-order valence-electron chi connectivity index (χ0n) is 15.8. The van der Waals surface area contributed by atoms with Crippen LogP contribution in [0.4, 0.5) is 0 Å². The monoisotopic (exact) mass is 340 g/mol. The maximum atomic E-state index is 11.8. The van der Waals surface area contributed by atoms with E-state index in [1.165, 1.54) is 5.56 Å². The molecule has 0 aliphatic heterocycles. The van der Waals surface area contributed by atoms with Gasteiger partial charge >= 0.3 is 5.97 Å². The van der Waals surface area contributed by atoms with E-state index >= 15 is 0 Å². The molecule has 0 fully saturated rings. The van der Waals surface area contributed by atoms with Crippen molar-refractivity contribution < 1.29 is 14.6 Å². The highest BCUT2D eigenvalue weighted by Gasteiger charge is 2.30. The molecule has 2 aromatic rings. The lowest BCUT2D eigenvalue weighted by atomic mass is 9.77. The summed E-state index contributed by atoms with van der Waals surface area (Å²) in [7, 11) is 0. The average molecular weight is 340 g/mol. The van der Waals surface area contributed by atoms with Crippen LogP contribution in [-0.2, 0) is 20.5 Å². The summed E-state index contributed by atoms with van der Waals surface area (Å²) in [4.78, 5) is 11.8. The van der Waals surface area contributed by atoms with Gasteiger partial charge in [-0.05, 0) is 42.2 Å². The minimum absolute atomic E-state index is 0.183. The maximum Gasteiger partial charge on any atom is 0.306 e. The molecule has 1 unspecified atom stereocenters. The molecule has 0 bridgehead atoms. The van der Waals surface area contributed by atoms with E-state index in [2.05, 4.69) is 26.0 Å². The molecule has 1 atom stereocenters. The summed E-state index contributed by atoms with van der Waals surface area (Å²) in [5.41, 5.74) is 2.52. The van der Waals surface area contributed by atoms with Gasteiger partial charge in [0.15, 0.2) is 0 Å². The van der Waals surface area contributed by atoms with Gasteiger partial charge in [0.1, 0.15) is 11.4 Å². The van der Waals surface area contributed by atoms with Crippen molar-refractivity contribution in [1.29, 1.82) is 0 Å². The Morgan fingerprint density at radius 1 is 0.880 bits per heavy atom. The Hall–Kier alpha value is -2.29. The Morgan fingerprint density at radius 2 is 1.32 bits per heavy atom. The highest BCUT2D eigenvalue weighted by atomic mass is 16.6. The average Bonchev–Trinajstić information content (AvgIpc) is 2.62. The molecular formula is C22H28O3. The molecule has 3 heteroatoms. The Morgan fingerprint density at radius 3 is 1.76 bits per heavy atom. The molecule has 0 amide bonds. The Balaban J connectivity index is 2.32. The lowest BCUT2D eigenvalue weighted by Crippen LogP contribution is -2.28. The van der Waals surface area contributed by atoms with Gasteiger partial charge in [-0.15, -0.1) is 0 Å². The molecule has 3 nitrogen and oxygen atoms in total. The third kappa shape index (κ3) is 4.04. The van der Waals surface area contributed by atoms with Crippen molar-refractivity contribution in [3.8, 4) is 5.75 Å². The molecule has 0 saturated carbocycles. The normalized spacial score (nSPS) is 14.0. The van der Waals surface area contributed by atoms with Gasteiger partial charge in [0.05, 0.1) is 0 Å². The summed E-state index contributed by atoms with van der Waals surface area (Å²) in [6.45, 7) is 10.1. The van der Waals surface area contributed by atoms with Gasteiger partial charge < -0.3 is 9.84 Å². The van der Waals surface area contributed by atoms with Gasteiger partial charge in [0.2, 0.25) is 0 Å². The van der Waals surface area contributed by atoms with Gasteiger partial charge in [-0.2, -0.15) is 0 Å². The fourth-order valence-corrected chi connectivity index (χ4v) is 2.94. The van der Waals surface area contributed by atoms with Crippen LogP contribution in [0.5, 0.6) is 5.75 Å². The molecule has 2 rings (SSSR count). The van der Waals surface area contributed by atoms with Gasteiger partial charge in [0, 0.05) is 11.8 Å². The first-order valence-corrected chi connectivity index (χ1v) is 8.85. The van der Waals surface area contributed by atoms with E-state index in [9.17, 15) is 9.90 Å². The van der Waals surface area contributed by atoms with Crippen LogP contribution in [0.2, 0.25) is 0 Å². The quantitative estimate of drug-likeness (QED) is 0.726. The van der Waals surface area contributed by atoms with Crippen molar-refractivity contribution in [2.24, 2.45) is 0 Å².